The van der Waals surface area contributed by atoms with Crippen molar-refractivity contribution in [3.8, 4) is 5.75 Å². The number of nitrogens with one attached hydrogen (secondary N) is 1. The highest BCUT2D eigenvalue weighted by atomic mass is 16.5. The summed E-state index contributed by atoms with van der Waals surface area (Å²) in [6, 6.07) is 6.66. The molecule has 1 aromatic carbocycles. The van der Waals surface area contributed by atoms with Crippen LogP contribution < -0.4 is 10.1 Å². The van der Waals surface area contributed by atoms with Crippen LogP contribution in [0.4, 0.5) is 0 Å². The molecular weight excluding hydrogens is 236 g/mol. The molecule has 0 aliphatic carbocycles. The molecule has 2 aromatic rings. The lowest BCUT2D eigenvalue weighted by Gasteiger charge is -2.22. The first kappa shape index (κ1) is 12.5. The predicted octanol–water partition coefficient (Wildman–Crippen LogP) is 2.73. The van der Waals surface area contributed by atoms with E-state index in [0.717, 1.165) is 24.8 Å². The molecule has 2 heterocycles. The van der Waals surface area contributed by atoms with Crippen molar-refractivity contribution in [2.75, 3.05) is 20.2 Å². The van der Waals surface area contributed by atoms with Crippen molar-refractivity contribution in [1.29, 1.82) is 0 Å². The van der Waals surface area contributed by atoms with Gasteiger partial charge in [0.05, 0.1) is 12.6 Å². The number of benzene rings is 1. The van der Waals surface area contributed by atoms with Crippen LogP contribution in [0.15, 0.2) is 24.4 Å². The molecule has 3 rings (SSSR count). The molecule has 0 bridgehead atoms. The summed E-state index contributed by atoms with van der Waals surface area (Å²) in [5.74, 6) is 1.81. The first-order valence-corrected chi connectivity index (χ1v) is 7.10. The zero-order chi connectivity index (χ0) is 13.2. The molecule has 3 heteroatoms. The second-order valence-corrected chi connectivity index (χ2v) is 5.56. The Morgan fingerprint density at radius 2 is 2.11 bits per heavy atom. The van der Waals surface area contributed by atoms with Crippen LogP contribution in [-0.4, -0.2) is 24.8 Å². The molecule has 0 unspecified atom stereocenters. The number of piperidine rings is 1. The lowest BCUT2D eigenvalue weighted by atomic mass is 9.90. The van der Waals surface area contributed by atoms with E-state index in [1.165, 1.54) is 35.7 Å². The minimum atomic E-state index is 0.809. The van der Waals surface area contributed by atoms with E-state index in [-0.39, 0.29) is 0 Å². The van der Waals surface area contributed by atoms with Crippen molar-refractivity contribution in [1.82, 2.24) is 9.88 Å². The van der Waals surface area contributed by atoms with Gasteiger partial charge in [-0.25, -0.2) is 0 Å². The van der Waals surface area contributed by atoms with Gasteiger partial charge in [-0.15, -0.1) is 0 Å². The van der Waals surface area contributed by atoms with Gasteiger partial charge in [0.25, 0.3) is 0 Å². The molecule has 1 fully saturated rings. The lowest BCUT2D eigenvalue weighted by Crippen LogP contribution is -2.28. The van der Waals surface area contributed by atoms with E-state index in [1.807, 2.05) is 0 Å². The number of rotatable bonds is 3. The highest BCUT2D eigenvalue weighted by Gasteiger charge is 2.15. The van der Waals surface area contributed by atoms with E-state index >= 15 is 0 Å². The highest BCUT2D eigenvalue weighted by molar-refractivity contribution is 5.87. The van der Waals surface area contributed by atoms with Crippen molar-refractivity contribution < 1.29 is 4.74 Å². The Morgan fingerprint density at radius 3 is 2.84 bits per heavy atom. The minimum Gasteiger partial charge on any atom is -0.496 e. The number of aromatic nitrogens is 1. The molecule has 0 amide bonds. The van der Waals surface area contributed by atoms with E-state index in [2.05, 4.69) is 41.3 Å². The summed E-state index contributed by atoms with van der Waals surface area (Å²) in [7, 11) is 3.85. The molecule has 0 spiro atoms. The predicted molar refractivity (Wildman–Crippen MR) is 78.8 cm³/mol. The van der Waals surface area contributed by atoms with Crippen molar-refractivity contribution in [2.45, 2.75) is 19.3 Å². The summed E-state index contributed by atoms with van der Waals surface area (Å²) in [5, 5.41) is 4.64. The van der Waals surface area contributed by atoms with Gasteiger partial charge in [-0.05, 0) is 62.0 Å². The summed E-state index contributed by atoms with van der Waals surface area (Å²) in [5.41, 5.74) is 2.67. The monoisotopic (exact) mass is 258 g/mol. The molecular formula is C16H22N2O. The molecule has 0 atom stereocenters. The number of fused-ring (bicyclic) bond motifs is 1. The molecule has 3 nitrogen and oxygen atoms in total. The topological polar surface area (TPSA) is 26.2 Å². The maximum absolute atomic E-state index is 5.54. The van der Waals surface area contributed by atoms with Gasteiger partial charge in [-0.3, -0.25) is 0 Å². The van der Waals surface area contributed by atoms with Gasteiger partial charge in [0, 0.05) is 18.6 Å². The van der Waals surface area contributed by atoms with Crippen LogP contribution in [0, 0.1) is 5.92 Å². The molecule has 1 N–H and O–H groups in total. The van der Waals surface area contributed by atoms with Crippen molar-refractivity contribution in [3.05, 3.63) is 30.0 Å². The zero-order valence-corrected chi connectivity index (χ0v) is 11.8. The van der Waals surface area contributed by atoms with E-state index in [9.17, 15) is 0 Å². The number of aryl methyl sites for hydroxylation is 1. The van der Waals surface area contributed by atoms with Gasteiger partial charge in [0.2, 0.25) is 0 Å². The van der Waals surface area contributed by atoms with Crippen LogP contribution in [0.3, 0.4) is 0 Å². The third kappa shape index (κ3) is 2.47. The second kappa shape index (κ2) is 5.25. The molecule has 1 saturated heterocycles. The number of methoxy groups -OCH3 is 1. The third-order valence-corrected chi connectivity index (χ3v) is 4.23. The zero-order valence-electron chi connectivity index (χ0n) is 11.8. The van der Waals surface area contributed by atoms with E-state index in [1.54, 1.807) is 7.11 Å². The molecule has 19 heavy (non-hydrogen) atoms. The van der Waals surface area contributed by atoms with Crippen molar-refractivity contribution in [3.63, 3.8) is 0 Å². The fraction of sp³-hybridized carbons (Fsp3) is 0.500. The second-order valence-electron chi connectivity index (χ2n) is 5.56. The van der Waals surface area contributed by atoms with Gasteiger partial charge in [-0.2, -0.15) is 0 Å². The molecule has 0 radical (unpaired) electrons. The average molecular weight is 258 g/mol. The summed E-state index contributed by atoms with van der Waals surface area (Å²) >= 11 is 0. The molecule has 1 aliphatic rings. The van der Waals surface area contributed by atoms with Crippen LogP contribution in [0.1, 0.15) is 18.4 Å². The Morgan fingerprint density at radius 1 is 1.32 bits per heavy atom. The average Bonchev–Trinajstić information content (AvgIpc) is 2.81. The maximum atomic E-state index is 5.54. The Labute approximate surface area is 114 Å². The molecule has 0 saturated carbocycles. The fourth-order valence-electron chi connectivity index (χ4n) is 3.10. The van der Waals surface area contributed by atoms with Crippen LogP contribution in [-0.2, 0) is 13.5 Å². The number of hydrogen-bond acceptors (Lipinski definition) is 2. The van der Waals surface area contributed by atoms with Gasteiger partial charge >= 0.3 is 0 Å². The van der Waals surface area contributed by atoms with E-state index < -0.39 is 0 Å². The standard InChI is InChI=1S/C16H22N2O/c1-18-8-5-14-15(18)10-13(11-16(14)19-2)9-12-3-6-17-7-4-12/h5,8,10-12,17H,3-4,6-7,9H2,1-2H3. The van der Waals surface area contributed by atoms with E-state index in [0.29, 0.717) is 0 Å². The smallest absolute Gasteiger partial charge is 0.128 e. The minimum absolute atomic E-state index is 0.809. The largest absolute Gasteiger partial charge is 0.496 e. The van der Waals surface area contributed by atoms with Crippen LogP contribution in [0.2, 0.25) is 0 Å². The molecule has 1 aromatic heterocycles. The summed E-state index contributed by atoms with van der Waals surface area (Å²) < 4.78 is 7.72. The van der Waals surface area contributed by atoms with E-state index in [4.69, 9.17) is 4.74 Å². The van der Waals surface area contributed by atoms with Gasteiger partial charge in [0.15, 0.2) is 0 Å². The van der Waals surface area contributed by atoms with Crippen LogP contribution in [0.25, 0.3) is 10.9 Å². The number of hydrogen-bond donors (Lipinski definition) is 1. The highest BCUT2D eigenvalue weighted by Crippen LogP contribution is 2.30. The number of ether oxygens (including phenoxy) is 1. The maximum Gasteiger partial charge on any atom is 0.128 e. The lowest BCUT2D eigenvalue weighted by molar-refractivity contribution is 0.371. The van der Waals surface area contributed by atoms with Crippen LogP contribution >= 0.6 is 0 Å². The first-order chi connectivity index (χ1) is 9.28. The van der Waals surface area contributed by atoms with Crippen molar-refractivity contribution >= 4 is 10.9 Å². The Bertz CT molecular complexity index is 567. The summed E-state index contributed by atoms with van der Waals surface area (Å²) in [6.07, 6.45) is 5.83. The molecule has 102 valence electrons. The summed E-state index contributed by atoms with van der Waals surface area (Å²) in [4.78, 5) is 0. The normalized spacial score (nSPS) is 16.9. The van der Waals surface area contributed by atoms with Gasteiger partial charge in [-0.1, -0.05) is 0 Å². The third-order valence-electron chi connectivity index (χ3n) is 4.23. The summed E-state index contributed by atoms with van der Waals surface area (Å²) in [6.45, 7) is 2.32. The number of nitrogens with zero attached hydrogens (tertiary/aromatic N) is 1. The molecule has 1 aliphatic heterocycles. The Balaban J connectivity index is 1.92. The van der Waals surface area contributed by atoms with Gasteiger partial charge < -0.3 is 14.6 Å². The fourth-order valence-corrected chi connectivity index (χ4v) is 3.10. The first-order valence-electron chi connectivity index (χ1n) is 7.10. The van der Waals surface area contributed by atoms with Crippen molar-refractivity contribution in [2.24, 2.45) is 13.0 Å². The Hall–Kier alpha value is -1.48. The Kier molecular flexibility index (Phi) is 3.47. The SMILES string of the molecule is COc1cc(CC2CCNCC2)cc2c1ccn2C. The van der Waals surface area contributed by atoms with Gasteiger partial charge in [0.1, 0.15) is 5.75 Å². The quantitative estimate of drug-likeness (QED) is 0.916. The van der Waals surface area contributed by atoms with Crippen LogP contribution in [0.5, 0.6) is 5.75 Å².